The number of rotatable bonds is 2. The molecular formula is C14H18N6O. The summed E-state index contributed by atoms with van der Waals surface area (Å²) in [7, 11) is 0. The van der Waals surface area contributed by atoms with Crippen LogP contribution >= 0.6 is 0 Å². The number of nitrogens with one attached hydrogen (secondary N) is 2. The molecule has 0 aliphatic carbocycles. The number of urea groups is 1. The summed E-state index contributed by atoms with van der Waals surface area (Å²) in [4.78, 5) is 22.7. The first-order chi connectivity index (χ1) is 10.2. The number of piperidine rings is 1. The molecule has 1 fully saturated rings. The van der Waals surface area contributed by atoms with Crippen LogP contribution in [0.3, 0.4) is 0 Å². The minimum atomic E-state index is -0.129. The molecule has 0 spiro atoms. The molecule has 2 aromatic heterocycles. The zero-order chi connectivity index (χ0) is 14.7. The Balaban J connectivity index is 1.76. The predicted molar refractivity (Wildman–Crippen MR) is 77.7 cm³/mol. The molecule has 1 aliphatic heterocycles. The van der Waals surface area contributed by atoms with E-state index in [9.17, 15) is 4.79 Å². The molecule has 3 rings (SSSR count). The number of aromatic amines is 1. The molecule has 1 saturated heterocycles. The van der Waals surface area contributed by atoms with Gasteiger partial charge in [-0.15, -0.1) is 0 Å². The fourth-order valence-corrected chi connectivity index (χ4v) is 2.58. The van der Waals surface area contributed by atoms with Gasteiger partial charge in [0, 0.05) is 12.7 Å². The van der Waals surface area contributed by atoms with Crippen LogP contribution in [0, 0.1) is 6.92 Å². The Hall–Kier alpha value is -2.44. The number of H-pyrrole nitrogens is 1. The van der Waals surface area contributed by atoms with Crippen molar-refractivity contribution in [3.05, 3.63) is 36.2 Å². The highest BCUT2D eigenvalue weighted by atomic mass is 16.2. The van der Waals surface area contributed by atoms with Crippen molar-refractivity contribution in [2.45, 2.75) is 32.2 Å². The van der Waals surface area contributed by atoms with Crippen LogP contribution in [-0.4, -0.2) is 37.6 Å². The van der Waals surface area contributed by atoms with Crippen molar-refractivity contribution in [2.75, 3.05) is 11.9 Å². The van der Waals surface area contributed by atoms with Crippen LogP contribution in [0.25, 0.3) is 0 Å². The van der Waals surface area contributed by atoms with Crippen LogP contribution < -0.4 is 5.32 Å². The summed E-state index contributed by atoms with van der Waals surface area (Å²) >= 11 is 0. The van der Waals surface area contributed by atoms with Crippen molar-refractivity contribution >= 4 is 11.7 Å². The van der Waals surface area contributed by atoms with E-state index < -0.39 is 0 Å². The maximum Gasteiger partial charge on any atom is 0.322 e. The standard InChI is InChI=1S/C14H18N6O/c1-10-16-13(19-18-10)12-6-2-3-8-20(12)14(21)17-11-5-4-7-15-9-11/h4-5,7,9,12H,2-3,6,8H2,1H3,(H,17,21)(H,16,18,19). The summed E-state index contributed by atoms with van der Waals surface area (Å²) in [5.41, 5.74) is 0.693. The van der Waals surface area contributed by atoms with Crippen LogP contribution in [0.5, 0.6) is 0 Å². The highest BCUT2D eigenvalue weighted by Gasteiger charge is 2.30. The Morgan fingerprint density at radius 3 is 3.10 bits per heavy atom. The van der Waals surface area contributed by atoms with E-state index in [0.29, 0.717) is 18.1 Å². The number of nitrogens with zero attached hydrogens (tertiary/aromatic N) is 4. The molecule has 1 unspecified atom stereocenters. The SMILES string of the molecule is Cc1nc(C2CCCCN2C(=O)Nc2cccnc2)n[nH]1. The Morgan fingerprint density at radius 1 is 1.48 bits per heavy atom. The first-order valence-corrected chi connectivity index (χ1v) is 7.10. The average Bonchev–Trinajstić information content (AvgIpc) is 2.95. The average molecular weight is 286 g/mol. The zero-order valence-electron chi connectivity index (χ0n) is 11.9. The van der Waals surface area contributed by atoms with Gasteiger partial charge in [-0.1, -0.05) is 0 Å². The van der Waals surface area contributed by atoms with E-state index in [2.05, 4.69) is 25.5 Å². The molecule has 0 saturated carbocycles. The number of amides is 2. The number of anilines is 1. The molecule has 21 heavy (non-hydrogen) atoms. The Bertz CT molecular complexity index is 611. The van der Waals surface area contributed by atoms with Crippen LogP contribution in [0.4, 0.5) is 10.5 Å². The summed E-state index contributed by atoms with van der Waals surface area (Å²) in [6, 6.07) is 3.42. The van der Waals surface area contributed by atoms with Gasteiger partial charge >= 0.3 is 6.03 Å². The van der Waals surface area contributed by atoms with Gasteiger partial charge in [-0.3, -0.25) is 10.1 Å². The minimum absolute atomic E-state index is 0.0691. The number of pyridine rings is 1. The normalized spacial score (nSPS) is 18.5. The maximum atomic E-state index is 12.5. The Labute approximate surface area is 122 Å². The second-order valence-electron chi connectivity index (χ2n) is 5.16. The lowest BCUT2D eigenvalue weighted by Gasteiger charge is -2.33. The lowest BCUT2D eigenvalue weighted by atomic mass is 10.0. The molecular weight excluding hydrogens is 268 g/mol. The van der Waals surface area contributed by atoms with Crippen molar-refractivity contribution in [3.63, 3.8) is 0 Å². The summed E-state index contributed by atoms with van der Waals surface area (Å²) in [5, 5.41) is 9.93. The summed E-state index contributed by atoms with van der Waals surface area (Å²) < 4.78 is 0. The van der Waals surface area contributed by atoms with E-state index in [1.54, 1.807) is 23.4 Å². The van der Waals surface area contributed by atoms with Gasteiger partial charge in [0.05, 0.1) is 17.9 Å². The topological polar surface area (TPSA) is 86.8 Å². The number of carbonyl (C=O) groups excluding carboxylic acids is 1. The van der Waals surface area contributed by atoms with Crippen LogP contribution in [0.15, 0.2) is 24.5 Å². The van der Waals surface area contributed by atoms with Crippen molar-refractivity contribution < 1.29 is 4.79 Å². The summed E-state index contributed by atoms with van der Waals surface area (Å²) in [6.45, 7) is 2.57. The first kappa shape index (κ1) is 13.5. The second kappa shape index (κ2) is 5.90. The fraction of sp³-hybridized carbons (Fsp3) is 0.429. The third-order valence-electron chi connectivity index (χ3n) is 3.59. The lowest BCUT2D eigenvalue weighted by Crippen LogP contribution is -2.41. The van der Waals surface area contributed by atoms with Gasteiger partial charge in [0.1, 0.15) is 5.82 Å². The molecule has 3 heterocycles. The Morgan fingerprint density at radius 2 is 2.38 bits per heavy atom. The number of aromatic nitrogens is 4. The highest BCUT2D eigenvalue weighted by Crippen LogP contribution is 2.29. The van der Waals surface area contributed by atoms with Gasteiger partial charge in [-0.2, -0.15) is 5.10 Å². The highest BCUT2D eigenvalue weighted by molar-refractivity contribution is 5.89. The maximum absolute atomic E-state index is 12.5. The smallest absolute Gasteiger partial charge is 0.314 e. The number of aryl methyl sites for hydroxylation is 1. The molecule has 1 atom stereocenters. The van der Waals surface area contributed by atoms with Gasteiger partial charge in [0.15, 0.2) is 5.82 Å². The Kier molecular flexibility index (Phi) is 3.81. The van der Waals surface area contributed by atoms with E-state index in [1.165, 1.54) is 0 Å². The summed E-state index contributed by atoms with van der Waals surface area (Å²) in [6.07, 6.45) is 6.27. The van der Waals surface area contributed by atoms with Crippen molar-refractivity contribution in [2.24, 2.45) is 0 Å². The van der Waals surface area contributed by atoms with Crippen LogP contribution in [-0.2, 0) is 0 Å². The predicted octanol–water partition coefficient (Wildman–Crippen LogP) is 2.27. The monoisotopic (exact) mass is 286 g/mol. The van der Waals surface area contributed by atoms with E-state index in [4.69, 9.17) is 0 Å². The molecule has 0 aromatic carbocycles. The van der Waals surface area contributed by atoms with Gasteiger partial charge in [0.2, 0.25) is 0 Å². The van der Waals surface area contributed by atoms with Crippen LogP contribution in [0.2, 0.25) is 0 Å². The molecule has 7 heteroatoms. The first-order valence-electron chi connectivity index (χ1n) is 7.10. The minimum Gasteiger partial charge on any atom is -0.314 e. The number of hydrogen-bond donors (Lipinski definition) is 2. The number of likely N-dealkylation sites (tertiary alicyclic amines) is 1. The van der Waals surface area contributed by atoms with E-state index in [0.717, 1.165) is 25.1 Å². The molecule has 2 N–H and O–H groups in total. The van der Waals surface area contributed by atoms with Gasteiger partial charge in [-0.05, 0) is 38.3 Å². The van der Waals surface area contributed by atoms with Crippen molar-refractivity contribution in [1.82, 2.24) is 25.1 Å². The van der Waals surface area contributed by atoms with E-state index >= 15 is 0 Å². The van der Waals surface area contributed by atoms with Crippen LogP contribution in [0.1, 0.15) is 37.0 Å². The third kappa shape index (κ3) is 3.01. The van der Waals surface area contributed by atoms with E-state index in [1.807, 2.05) is 13.0 Å². The molecule has 2 aromatic rings. The van der Waals surface area contributed by atoms with Gasteiger partial charge < -0.3 is 10.2 Å². The molecule has 110 valence electrons. The third-order valence-corrected chi connectivity index (χ3v) is 3.59. The summed E-state index contributed by atoms with van der Waals surface area (Å²) in [5.74, 6) is 1.46. The van der Waals surface area contributed by atoms with E-state index in [-0.39, 0.29) is 12.1 Å². The molecule has 0 bridgehead atoms. The van der Waals surface area contributed by atoms with Crippen molar-refractivity contribution in [3.8, 4) is 0 Å². The quantitative estimate of drug-likeness (QED) is 0.886. The number of hydrogen-bond acceptors (Lipinski definition) is 4. The second-order valence-corrected chi connectivity index (χ2v) is 5.16. The molecule has 7 nitrogen and oxygen atoms in total. The molecule has 2 amide bonds. The fourth-order valence-electron chi connectivity index (χ4n) is 2.58. The van der Waals surface area contributed by atoms with Gasteiger partial charge in [-0.25, -0.2) is 9.78 Å². The number of carbonyl (C=O) groups is 1. The zero-order valence-corrected chi connectivity index (χ0v) is 11.9. The molecule has 1 aliphatic rings. The lowest BCUT2D eigenvalue weighted by molar-refractivity contribution is 0.159. The van der Waals surface area contributed by atoms with Gasteiger partial charge in [0.25, 0.3) is 0 Å². The molecule has 0 radical (unpaired) electrons. The largest absolute Gasteiger partial charge is 0.322 e. The van der Waals surface area contributed by atoms with Crippen molar-refractivity contribution in [1.29, 1.82) is 0 Å².